The Labute approximate surface area is 138 Å². The van der Waals surface area contributed by atoms with Crippen molar-refractivity contribution in [3.63, 3.8) is 0 Å². The smallest absolute Gasteiger partial charge is 0.116 e. The molecule has 120 valence electrons. The molecule has 0 saturated carbocycles. The van der Waals surface area contributed by atoms with Gasteiger partial charge in [-0.15, -0.1) is 0 Å². The van der Waals surface area contributed by atoms with Crippen LogP contribution < -0.4 is 5.32 Å². The average Bonchev–Trinajstić information content (AvgIpc) is 2.85. The molecule has 23 heavy (non-hydrogen) atoms. The van der Waals surface area contributed by atoms with E-state index in [0.717, 1.165) is 38.3 Å². The van der Waals surface area contributed by atoms with Crippen molar-refractivity contribution in [2.75, 3.05) is 32.7 Å². The van der Waals surface area contributed by atoms with Crippen molar-refractivity contribution in [2.45, 2.75) is 6.42 Å². The van der Waals surface area contributed by atoms with Gasteiger partial charge in [-0.25, -0.2) is 0 Å². The Morgan fingerprint density at radius 1 is 1.00 bits per heavy atom. The van der Waals surface area contributed by atoms with Gasteiger partial charge in [0, 0.05) is 19.6 Å². The quantitative estimate of drug-likeness (QED) is 0.911. The summed E-state index contributed by atoms with van der Waals surface area (Å²) in [6.45, 7) is 5.31. The van der Waals surface area contributed by atoms with E-state index in [4.69, 9.17) is 0 Å². The molecule has 2 N–H and O–H groups in total. The van der Waals surface area contributed by atoms with Crippen LogP contribution in [-0.4, -0.2) is 42.7 Å². The lowest BCUT2D eigenvalue weighted by atomic mass is 9.97. The average molecular weight is 308 g/mol. The molecule has 2 aromatic carbocycles. The predicted octanol–water partition coefficient (Wildman–Crippen LogP) is 3.12. The molecule has 1 aliphatic rings. The second-order valence-electron chi connectivity index (χ2n) is 5.94. The monoisotopic (exact) mass is 308 g/mol. The van der Waals surface area contributed by atoms with Gasteiger partial charge in [-0.3, -0.25) is 4.90 Å². The molecule has 0 amide bonds. The summed E-state index contributed by atoms with van der Waals surface area (Å²) in [4.78, 5) is 2.48. The van der Waals surface area contributed by atoms with Crippen LogP contribution in [0.1, 0.15) is 17.5 Å². The summed E-state index contributed by atoms with van der Waals surface area (Å²) in [5.41, 5.74) is 3.42. The van der Waals surface area contributed by atoms with Crippen molar-refractivity contribution in [3.8, 4) is 5.75 Å². The summed E-state index contributed by atoms with van der Waals surface area (Å²) in [5.74, 6) is 0.309. The maximum absolute atomic E-state index is 9.82. The topological polar surface area (TPSA) is 35.5 Å². The second-order valence-corrected chi connectivity index (χ2v) is 5.94. The molecule has 0 spiro atoms. The van der Waals surface area contributed by atoms with Gasteiger partial charge in [-0.2, -0.15) is 0 Å². The molecular weight excluding hydrogens is 284 g/mol. The molecule has 1 saturated heterocycles. The fraction of sp³-hybridized carbons (Fsp3) is 0.300. The van der Waals surface area contributed by atoms with Crippen LogP contribution in [0.4, 0.5) is 0 Å². The molecule has 0 radical (unpaired) electrons. The summed E-state index contributed by atoms with van der Waals surface area (Å²) in [6.07, 6.45) is 3.48. The van der Waals surface area contributed by atoms with E-state index in [9.17, 15) is 5.11 Å². The number of hydrogen-bond donors (Lipinski definition) is 2. The Morgan fingerprint density at radius 3 is 2.65 bits per heavy atom. The van der Waals surface area contributed by atoms with Gasteiger partial charge in [0.25, 0.3) is 0 Å². The van der Waals surface area contributed by atoms with Gasteiger partial charge < -0.3 is 10.4 Å². The normalized spacial score (nSPS) is 17.0. The van der Waals surface area contributed by atoms with Crippen LogP contribution in [0.25, 0.3) is 5.57 Å². The first-order chi connectivity index (χ1) is 11.3. The maximum Gasteiger partial charge on any atom is 0.116 e. The zero-order valence-electron chi connectivity index (χ0n) is 13.4. The third-order valence-corrected chi connectivity index (χ3v) is 4.23. The molecule has 0 unspecified atom stereocenters. The van der Waals surface area contributed by atoms with Crippen LogP contribution in [-0.2, 0) is 0 Å². The Balaban J connectivity index is 1.87. The molecule has 0 bridgehead atoms. The molecule has 0 aromatic heterocycles. The largest absolute Gasteiger partial charge is 0.508 e. The lowest BCUT2D eigenvalue weighted by Gasteiger charge is -2.18. The van der Waals surface area contributed by atoms with Crippen molar-refractivity contribution in [2.24, 2.45) is 0 Å². The molecule has 3 rings (SSSR count). The number of phenolic OH excluding ortho intramolecular Hbond substituents is 1. The van der Waals surface area contributed by atoms with E-state index in [0.29, 0.717) is 5.75 Å². The lowest BCUT2D eigenvalue weighted by molar-refractivity contribution is 0.324. The Bertz CT molecular complexity index is 644. The van der Waals surface area contributed by atoms with Crippen LogP contribution in [0.3, 0.4) is 0 Å². The van der Waals surface area contributed by atoms with Gasteiger partial charge in [0.05, 0.1) is 0 Å². The summed E-state index contributed by atoms with van der Waals surface area (Å²) in [5, 5.41) is 13.3. The highest BCUT2D eigenvalue weighted by atomic mass is 16.3. The summed E-state index contributed by atoms with van der Waals surface area (Å²) < 4.78 is 0. The molecule has 3 heteroatoms. The zero-order chi connectivity index (χ0) is 15.9. The van der Waals surface area contributed by atoms with Gasteiger partial charge in [0.1, 0.15) is 5.75 Å². The van der Waals surface area contributed by atoms with E-state index in [1.54, 1.807) is 6.07 Å². The third kappa shape index (κ3) is 4.44. The molecule has 1 heterocycles. The van der Waals surface area contributed by atoms with Gasteiger partial charge in [0.2, 0.25) is 0 Å². The molecular formula is C20H24N2O. The molecule has 1 aliphatic heterocycles. The minimum absolute atomic E-state index is 0.309. The Morgan fingerprint density at radius 2 is 1.83 bits per heavy atom. The number of nitrogens with one attached hydrogen (secondary N) is 1. The number of rotatable bonds is 4. The van der Waals surface area contributed by atoms with Gasteiger partial charge in [-0.1, -0.05) is 48.5 Å². The minimum atomic E-state index is 0.309. The first-order valence-electron chi connectivity index (χ1n) is 8.31. The highest BCUT2D eigenvalue weighted by molar-refractivity contribution is 5.80. The molecule has 0 atom stereocenters. The van der Waals surface area contributed by atoms with Crippen molar-refractivity contribution in [3.05, 3.63) is 71.8 Å². The van der Waals surface area contributed by atoms with Crippen LogP contribution in [0.5, 0.6) is 5.75 Å². The van der Waals surface area contributed by atoms with Crippen LogP contribution in [0, 0.1) is 0 Å². The van der Waals surface area contributed by atoms with Gasteiger partial charge in [-0.05, 0) is 48.3 Å². The molecule has 2 aromatic rings. The van der Waals surface area contributed by atoms with E-state index in [2.05, 4.69) is 46.6 Å². The number of benzene rings is 2. The predicted molar refractivity (Wildman–Crippen MR) is 95.6 cm³/mol. The lowest BCUT2D eigenvalue weighted by Crippen LogP contribution is -2.28. The van der Waals surface area contributed by atoms with Crippen molar-refractivity contribution >= 4 is 5.57 Å². The van der Waals surface area contributed by atoms with Crippen LogP contribution >= 0.6 is 0 Å². The van der Waals surface area contributed by atoms with Crippen LogP contribution in [0.2, 0.25) is 0 Å². The molecule has 1 fully saturated rings. The Kier molecular flexibility index (Phi) is 5.46. The van der Waals surface area contributed by atoms with E-state index in [1.807, 2.05) is 18.2 Å². The Hall–Kier alpha value is -2.10. The van der Waals surface area contributed by atoms with E-state index < -0.39 is 0 Å². The SMILES string of the molecule is Oc1cccc(/C(=C/CN2CCCNCC2)c2ccccc2)c1. The van der Waals surface area contributed by atoms with Crippen molar-refractivity contribution < 1.29 is 5.11 Å². The third-order valence-electron chi connectivity index (χ3n) is 4.23. The summed E-state index contributed by atoms with van der Waals surface area (Å²) in [6, 6.07) is 17.9. The molecule has 0 aliphatic carbocycles. The zero-order valence-corrected chi connectivity index (χ0v) is 13.4. The standard InChI is InChI=1S/C20H24N2O/c23-19-9-4-8-18(16-19)20(17-6-2-1-3-7-17)10-14-22-13-5-11-21-12-15-22/h1-4,6-10,16,21,23H,5,11-15H2/b20-10+. The molecule has 3 nitrogen and oxygen atoms in total. The second kappa shape index (κ2) is 7.95. The van der Waals surface area contributed by atoms with Crippen LogP contribution in [0.15, 0.2) is 60.7 Å². The van der Waals surface area contributed by atoms with Gasteiger partial charge in [0.15, 0.2) is 0 Å². The minimum Gasteiger partial charge on any atom is -0.508 e. The summed E-state index contributed by atoms with van der Waals surface area (Å²) in [7, 11) is 0. The maximum atomic E-state index is 9.82. The number of aromatic hydroxyl groups is 1. The summed E-state index contributed by atoms with van der Waals surface area (Å²) >= 11 is 0. The first-order valence-corrected chi connectivity index (χ1v) is 8.31. The van der Waals surface area contributed by atoms with E-state index in [1.165, 1.54) is 17.6 Å². The van der Waals surface area contributed by atoms with E-state index in [-0.39, 0.29) is 0 Å². The fourth-order valence-corrected chi connectivity index (χ4v) is 3.00. The first kappa shape index (κ1) is 15.8. The number of hydrogen-bond acceptors (Lipinski definition) is 3. The van der Waals surface area contributed by atoms with Crippen molar-refractivity contribution in [1.29, 1.82) is 0 Å². The number of phenols is 1. The highest BCUT2D eigenvalue weighted by Crippen LogP contribution is 2.26. The number of nitrogens with zero attached hydrogens (tertiary/aromatic N) is 1. The van der Waals surface area contributed by atoms with Gasteiger partial charge >= 0.3 is 0 Å². The fourth-order valence-electron chi connectivity index (χ4n) is 3.00. The van der Waals surface area contributed by atoms with E-state index >= 15 is 0 Å². The van der Waals surface area contributed by atoms with Crippen molar-refractivity contribution in [1.82, 2.24) is 10.2 Å². The highest BCUT2D eigenvalue weighted by Gasteiger charge is 2.09.